The third-order valence-corrected chi connectivity index (χ3v) is 10.0. The van der Waals surface area contributed by atoms with E-state index in [2.05, 4.69) is 53.6 Å². The molecule has 1 aromatic carbocycles. The van der Waals surface area contributed by atoms with Crippen molar-refractivity contribution < 1.29 is 23.7 Å². The number of piperidine rings is 1. The van der Waals surface area contributed by atoms with Crippen molar-refractivity contribution in [2.24, 2.45) is 17.8 Å². The maximum absolute atomic E-state index is 12.4. The van der Waals surface area contributed by atoms with Crippen molar-refractivity contribution in [1.82, 2.24) is 19.9 Å². The molecule has 5 bridgehead atoms. The van der Waals surface area contributed by atoms with Crippen LogP contribution in [-0.4, -0.2) is 57.5 Å². The summed E-state index contributed by atoms with van der Waals surface area (Å²) in [5.41, 5.74) is 2.49. The number of hydrogen-bond donors (Lipinski definition) is 0. The molecule has 0 saturated carbocycles. The Hall–Kier alpha value is -3.17. The molecule has 5 saturated heterocycles. The molecule has 1 aromatic heterocycles. The standard InChI is InChI=1S/C29H32N4O5/c1-16-23-19-14-22-28(21-15-32(31-30-21)12-7-10-18-8-5-4-6-9-18)20(11-13-33(19)28)29(23,37-22)38-25(16)26-24(35-3)17(2)27(34)36-26/h4-6,8-9,15-16,19-20,22-23H,7,10-14H2,1-3H3/b26-25-/t16-,19-,20-,22-,23+,28+,29+/m0/s1. The Bertz CT molecular complexity index is 1400. The highest BCUT2D eigenvalue weighted by atomic mass is 16.7. The second kappa shape index (κ2) is 7.70. The van der Waals surface area contributed by atoms with E-state index in [4.69, 9.17) is 24.0 Å². The number of aryl methyl sites for hydroxylation is 2. The Kier molecular flexibility index (Phi) is 4.61. The monoisotopic (exact) mass is 516 g/mol. The summed E-state index contributed by atoms with van der Waals surface area (Å²) in [5.74, 6) is 0.751. The van der Waals surface area contributed by atoms with Gasteiger partial charge < -0.3 is 18.9 Å². The van der Waals surface area contributed by atoms with Gasteiger partial charge in [0.1, 0.15) is 17.0 Å². The average Bonchev–Trinajstić information content (AvgIpc) is 3.72. The van der Waals surface area contributed by atoms with Gasteiger partial charge in [-0.1, -0.05) is 42.5 Å². The van der Waals surface area contributed by atoms with E-state index in [1.807, 2.05) is 4.68 Å². The molecule has 8 atom stereocenters. The van der Waals surface area contributed by atoms with E-state index in [0.717, 1.165) is 44.5 Å². The minimum absolute atomic E-state index is 0.00701. The topological polar surface area (TPSA) is 87.9 Å². The summed E-state index contributed by atoms with van der Waals surface area (Å²) in [4.78, 5) is 15.0. The molecule has 8 rings (SSSR count). The number of carbonyl (C=O) groups excluding carboxylic acids is 1. The molecule has 0 radical (unpaired) electrons. The number of nitrogens with zero attached hydrogens (tertiary/aromatic N) is 4. The number of carbonyl (C=O) groups is 1. The van der Waals surface area contributed by atoms with E-state index >= 15 is 0 Å². The van der Waals surface area contributed by atoms with Crippen LogP contribution < -0.4 is 0 Å². The predicted octanol–water partition coefficient (Wildman–Crippen LogP) is 3.28. The van der Waals surface area contributed by atoms with Crippen LogP contribution in [0.2, 0.25) is 0 Å². The molecule has 9 nitrogen and oxygen atoms in total. The van der Waals surface area contributed by atoms with Gasteiger partial charge in [-0.25, -0.2) is 4.79 Å². The summed E-state index contributed by atoms with van der Waals surface area (Å²) in [5, 5.41) is 9.30. The molecular weight excluding hydrogens is 484 g/mol. The molecule has 9 heteroatoms. The van der Waals surface area contributed by atoms with E-state index in [1.54, 1.807) is 14.0 Å². The van der Waals surface area contributed by atoms with Gasteiger partial charge in [-0.15, -0.1) is 5.10 Å². The van der Waals surface area contributed by atoms with E-state index in [9.17, 15) is 4.79 Å². The van der Waals surface area contributed by atoms with Crippen LogP contribution in [0.4, 0.5) is 0 Å². The van der Waals surface area contributed by atoms with Crippen molar-refractivity contribution in [2.45, 2.75) is 69.5 Å². The lowest BCUT2D eigenvalue weighted by molar-refractivity contribution is -0.256. The van der Waals surface area contributed by atoms with Crippen LogP contribution in [0.5, 0.6) is 0 Å². The molecule has 5 fully saturated rings. The van der Waals surface area contributed by atoms with Crippen molar-refractivity contribution in [3.63, 3.8) is 0 Å². The molecule has 7 heterocycles. The number of hydrogen-bond acceptors (Lipinski definition) is 8. The number of fused-ring (bicyclic) bond motifs is 1. The summed E-state index contributed by atoms with van der Waals surface area (Å²) < 4.78 is 27.0. The molecule has 0 aliphatic carbocycles. The summed E-state index contributed by atoms with van der Waals surface area (Å²) in [6.07, 6.45) is 6.09. The van der Waals surface area contributed by atoms with Gasteiger partial charge in [-0.3, -0.25) is 9.58 Å². The van der Waals surface area contributed by atoms with Gasteiger partial charge in [0.25, 0.3) is 0 Å². The molecule has 1 spiro atoms. The van der Waals surface area contributed by atoms with Crippen LogP contribution in [0.3, 0.4) is 0 Å². The summed E-state index contributed by atoms with van der Waals surface area (Å²) in [6.45, 7) is 5.73. The Balaban J connectivity index is 1.12. The molecule has 6 aliphatic heterocycles. The van der Waals surface area contributed by atoms with Crippen LogP contribution >= 0.6 is 0 Å². The zero-order chi connectivity index (χ0) is 25.8. The second-order valence-electron chi connectivity index (χ2n) is 11.6. The number of aromatic nitrogens is 3. The van der Waals surface area contributed by atoms with Crippen LogP contribution in [0.15, 0.2) is 59.4 Å². The molecule has 198 valence electrons. The van der Waals surface area contributed by atoms with Crippen LogP contribution in [0.25, 0.3) is 0 Å². The van der Waals surface area contributed by atoms with E-state index in [0.29, 0.717) is 28.9 Å². The van der Waals surface area contributed by atoms with Crippen molar-refractivity contribution >= 4 is 5.97 Å². The SMILES string of the molecule is COC1=C(C)C(=O)O/C1=C1\O[C@@]23O[C@H]4C[C@@H]([C@H]2[C@@H]1C)N1CC[C@H]3[C@@]41c1cn(CCCc2ccccc2)nn1. The van der Waals surface area contributed by atoms with Crippen molar-refractivity contribution in [1.29, 1.82) is 0 Å². The Morgan fingerprint density at radius 2 is 2.08 bits per heavy atom. The first-order chi connectivity index (χ1) is 18.5. The van der Waals surface area contributed by atoms with E-state index in [1.165, 1.54) is 5.56 Å². The number of rotatable bonds is 6. The zero-order valence-electron chi connectivity index (χ0n) is 21.9. The Labute approximate surface area is 221 Å². The Morgan fingerprint density at radius 1 is 1.24 bits per heavy atom. The maximum atomic E-state index is 12.4. The highest BCUT2D eigenvalue weighted by molar-refractivity contribution is 5.93. The van der Waals surface area contributed by atoms with Crippen molar-refractivity contribution in [3.8, 4) is 0 Å². The highest BCUT2D eigenvalue weighted by Gasteiger charge is 2.85. The minimum atomic E-state index is -0.749. The average molecular weight is 517 g/mol. The summed E-state index contributed by atoms with van der Waals surface area (Å²) in [6, 6.07) is 10.9. The molecule has 38 heavy (non-hydrogen) atoms. The minimum Gasteiger partial charge on any atom is -0.492 e. The maximum Gasteiger partial charge on any atom is 0.343 e. The number of cyclic esters (lactones) is 1. The lowest BCUT2D eigenvalue weighted by atomic mass is 9.70. The molecular formula is C29H32N4O5. The van der Waals surface area contributed by atoms with Gasteiger partial charge in [0.15, 0.2) is 5.76 Å². The lowest BCUT2D eigenvalue weighted by Gasteiger charge is -2.47. The summed E-state index contributed by atoms with van der Waals surface area (Å²) in [7, 11) is 1.57. The number of benzene rings is 1. The van der Waals surface area contributed by atoms with Gasteiger partial charge in [0.05, 0.1) is 36.8 Å². The molecule has 1 unspecified atom stereocenters. The molecule has 0 amide bonds. The molecule has 0 N–H and O–H groups in total. The quantitative estimate of drug-likeness (QED) is 0.541. The highest BCUT2D eigenvalue weighted by Crippen LogP contribution is 2.74. The fraction of sp³-hybridized carbons (Fsp3) is 0.552. The molecule has 6 aliphatic rings. The third-order valence-electron chi connectivity index (χ3n) is 10.0. The first-order valence-corrected chi connectivity index (χ1v) is 13.8. The fourth-order valence-electron chi connectivity index (χ4n) is 8.70. The van der Waals surface area contributed by atoms with E-state index < -0.39 is 5.79 Å². The first kappa shape index (κ1) is 22.8. The van der Waals surface area contributed by atoms with Gasteiger partial charge in [0.2, 0.25) is 11.5 Å². The Morgan fingerprint density at radius 3 is 2.89 bits per heavy atom. The number of methoxy groups -OCH3 is 1. The van der Waals surface area contributed by atoms with Crippen LogP contribution in [0, 0.1) is 17.8 Å². The van der Waals surface area contributed by atoms with Crippen molar-refractivity contribution in [2.75, 3.05) is 13.7 Å². The second-order valence-corrected chi connectivity index (χ2v) is 11.6. The van der Waals surface area contributed by atoms with Gasteiger partial charge >= 0.3 is 5.97 Å². The molecule has 2 aromatic rings. The lowest BCUT2D eigenvalue weighted by Crippen LogP contribution is -2.60. The largest absolute Gasteiger partial charge is 0.492 e. The number of allylic oxidation sites excluding steroid dienone is 1. The number of ether oxygens (including phenoxy) is 4. The van der Waals surface area contributed by atoms with E-state index in [-0.39, 0.29) is 35.4 Å². The predicted molar refractivity (Wildman–Crippen MR) is 134 cm³/mol. The fourth-order valence-corrected chi connectivity index (χ4v) is 8.70. The van der Waals surface area contributed by atoms with Crippen LogP contribution in [-0.2, 0) is 42.2 Å². The smallest absolute Gasteiger partial charge is 0.343 e. The van der Waals surface area contributed by atoms with Crippen molar-refractivity contribution in [3.05, 3.63) is 70.6 Å². The summed E-state index contributed by atoms with van der Waals surface area (Å²) >= 11 is 0. The first-order valence-electron chi connectivity index (χ1n) is 13.8. The zero-order valence-corrected chi connectivity index (χ0v) is 21.9. The van der Waals surface area contributed by atoms with Gasteiger partial charge in [0, 0.05) is 25.0 Å². The number of esters is 1. The van der Waals surface area contributed by atoms with Gasteiger partial charge in [-0.05, 0) is 38.2 Å². The van der Waals surface area contributed by atoms with Crippen LogP contribution in [0.1, 0.15) is 44.4 Å². The normalized spacial score (nSPS) is 41.7. The third kappa shape index (κ3) is 2.61. The van der Waals surface area contributed by atoms with Gasteiger partial charge in [-0.2, -0.15) is 0 Å².